The summed E-state index contributed by atoms with van der Waals surface area (Å²) in [6.07, 6.45) is 4.12. The average molecular weight is 554 g/mol. The highest BCUT2D eigenvalue weighted by atomic mass is 16.6. The number of benzene rings is 2. The van der Waals surface area contributed by atoms with Crippen LogP contribution in [-0.4, -0.2) is 46.1 Å². The molecule has 0 saturated carbocycles. The molecule has 8 nitrogen and oxygen atoms in total. The van der Waals surface area contributed by atoms with Crippen molar-refractivity contribution < 1.29 is 24.2 Å². The SMILES string of the molecule is CCCCCCCN(C(=O)C(NC(=O)OC(C)(C)C)C(C)C)C(C(=O)NCc1ccccc1)c1cccc(O)c1. The Morgan fingerprint density at radius 1 is 0.950 bits per heavy atom. The van der Waals surface area contributed by atoms with Crippen molar-refractivity contribution in [3.63, 3.8) is 0 Å². The molecule has 2 rings (SSSR count). The molecule has 0 aromatic heterocycles. The summed E-state index contributed by atoms with van der Waals surface area (Å²) in [4.78, 5) is 42.2. The Hall–Kier alpha value is -3.55. The molecule has 3 amide bonds. The van der Waals surface area contributed by atoms with Gasteiger partial charge in [0.2, 0.25) is 11.8 Å². The van der Waals surface area contributed by atoms with Crippen LogP contribution in [0.1, 0.15) is 90.8 Å². The van der Waals surface area contributed by atoms with E-state index in [0.717, 1.165) is 31.2 Å². The maximum Gasteiger partial charge on any atom is 0.408 e. The van der Waals surface area contributed by atoms with Gasteiger partial charge in [-0.05, 0) is 56.4 Å². The first kappa shape index (κ1) is 32.7. The predicted molar refractivity (Wildman–Crippen MR) is 158 cm³/mol. The number of aromatic hydroxyl groups is 1. The lowest BCUT2D eigenvalue weighted by atomic mass is 9.98. The number of carbonyl (C=O) groups excluding carboxylic acids is 3. The summed E-state index contributed by atoms with van der Waals surface area (Å²) in [5, 5.41) is 16.0. The van der Waals surface area contributed by atoms with Crippen molar-refractivity contribution in [1.82, 2.24) is 15.5 Å². The number of amides is 3. The number of rotatable bonds is 14. The maximum absolute atomic E-state index is 14.2. The van der Waals surface area contributed by atoms with Gasteiger partial charge in [0.1, 0.15) is 23.4 Å². The monoisotopic (exact) mass is 553 g/mol. The molecular weight excluding hydrogens is 506 g/mol. The van der Waals surface area contributed by atoms with E-state index in [1.807, 2.05) is 44.2 Å². The van der Waals surface area contributed by atoms with Crippen LogP contribution < -0.4 is 10.6 Å². The van der Waals surface area contributed by atoms with Crippen molar-refractivity contribution in [3.8, 4) is 5.75 Å². The van der Waals surface area contributed by atoms with Crippen LogP contribution >= 0.6 is 0 Å². The summed E-state index contributed by atoms with van der Waals surface area (Å²) >= 11 is 0. The molecule has 0 saturated heterocycles. The van der Waals surface area contributed by atoms with Gasteiger partial charge in [0.05, 0.1) is 0 Å². The van der Waals surface area contributed by atoms with E-state index in [4.69, 9.17) is 4.74 Å². The lowest BCUT2D eigenvalue weighted by Crippen LogP contribution is -2.55. The average Bonchev–Trinajstić information content (AvgIpc) is 2.88. The van der Waals surface area contributed by atoms with Crippen molar-refractivity contribution in [2.75, 3.05) is 6.54 Å². The van der Waals surface area contributed by atoms with Crippen molar-refractivity contribution >= 4 is 17.9 Å². The molecule has 0 aliphatic heterocycles. The van der Waals surface area contributed by atoms with Crippen molar-refractivity contribution in [1.29, 1.82) is 0 Å². The second-order valence-corrected chi connectivity index (χ2v) is 11.5. The second kappa shape index (κ2) is 15.9. The Kier molecular flexibility index (Phi) is 13.0. The first-order valence-corrected chi connectivity index (χ1v) is 14.3. The summed E-state index contributed by atoms with van der Waals surface area (Å²) in [6, 6.07) is 14.1. The van der Waals surface area contributed by atoms with E-state index in [0.29, 0.717) is 18.5 Å². The fourth-order valence-electron chi connectivity index (χ4n) is 4.43. The number of nitrogens with one attached hydrogen (secondary N) is 2. The second-order valence-electron chi connectivity index (χ2n) is 11.5. The highest BCUT2D eigenvalue weighted by molar-refractivity contribution is 5.92. The number of phenolic OH excluding ortho intramolecular Hbond substituents is 1. The molecule has 8 heteroatoms. The minimum absolute atomic E-state index is 0.000920. The lowest BCUT2D eigenvalue weighted by Gasteiger charge is -2.35. The van der Waals surface area contributed by atoms with Crippen LogP contribution in [0.5, 0.6) is 5.75 Å². The summed E-state index contributed by atoms with van der Waals surface area (Å²) in [6.45, 7) is 11.7. The summed E-state index contributed by atoms with van der Waals surface area (Å²) < 4.78 is 5.44. The minimum atomic E-state index is -1.00. The maximum atomic E-state index is 14.2. The highest BCUT2D eigenvalue weighted by Gasteiger charge is 2.37. The molecular formula is C32H47N3O5. The number of hydrogen-bond donors (Lipinski definition) is 3. The van der Waals surface area contributed by atoms with Crippen molar-refractivity contribution in [2.24, 2.45) is 5.92 Å². The molecule has 3 N–H and O–H groups in total. The van der Waals surface area contributed by atoms with Gasteiger partial charge in [-0.3, -0.25) is 9.59 Å². The normalized spacial score (nSPS) is 12.9. The van der Waals surface area contributed by atoms with Gasteiger partial charge in [0.15, 0.2) is 0 Å². The molecule has 2 aromatic carbocycles. The highest BCUT2D eigenvalue weighted by Crippen LogP contribution is 2.27. The molecule has 0 spiro atoms. The molecule has 0 aliphatic carbocycles. The van der Waals surface area contributed by atoms with Gasteiger partial charge < -0.3 is 25.4 Å². The zero-order valence-electron chi connectivity index (χ0n) is 24.9. The van der Waals surface area contributed by atoms with E-state index in [9.17, 15) is 19.5 Å². The number of alkyl carbamates (subject to hydrolysis) is 1. The number of hydrogen-bond acceptors (Lipinski definition) is 5. The number of nitrogens with zero attached hydrogens (tertiary/aromatic N) is 1. The summed E-state index contributed by atoms with van der Waals surface area (Å²) in [5.41, 5.74) is 0.691. The van der Waals surface area contributed by atoms with E-state index in [2.05, 4.69) is 17.6 Å². The van der Waals surface area contributed by atoms with E-state index in [1.165, 1.54) is 12.1 Å². The van der Waals surface area contributed by atoms with E-state index >= 15 is 0 Å². The number of unbranched alkanes of at least 4 members (excludes halogenated alkanes) is 4. The van der Waals surface area contributed by atoms with Crippen LogP contribution in [0.15, 0.2) is 54.6 Å². The van der Waals surface area contributed by atoms with Crippen LogP contribution in [0.4, 0.5) is 4.79 Å². The molecule has 2 aromatic rings. The van der Waals surface area contributed by atoms with Gasteiger partial charge in [0.25, 0.3) is 0 Å². The third kappa shape index (κ3) is 10.9. The van der Waals surface area contributed by atoms with Crippen LogP contribution in [0, 0.1) is 5.92 Å². The zero-order valence-corrected chi connectivity index (χ0v) is 24.9. The van der Waals surface area contributed by atoms with Crippen molar-refractivity contribution in [2.45, 2.75) is 97.9 Å². The fourth-order valence-corrected chi connectivity index (χ4v) is 4.43. The zero-order chi connectivity index (χ0) is 29.7. The third-order valence-corrected chi connectivity index (χ3v) is 6.45. The first-order chi connectivity index (χ1) is 18.9. The van der Waals surface area contributed by atoms with Gasteiger partial charge in [-0.2, -0.15) is 0 Å². The molecule has 0 bridgehead atoms. The van der Waals surface area contributed by atoms with Gasteiger partial charge in [0, 0.05) is 13.1 Å². The molecule has 0 heterocycles. The Morgan fingerprint density at radius 2 is 1.62 bits per heavy atom. The Balaban J connectivity index is 2.44. The van der Waals surface area contributed by atoms with Gasteiger partial charge in [-0.25, -0.2) is 4.79 Å². The van der Waals surface area contributed by atoms with E-state index in [-0.39, 0.29) is 30.0 Å². The Labute approximate surface area is 239 Å². The molecule has 0 fully saturated rings. The Bertz CT molecular complexity index is 1080. The molecule has 2 unspecified atom stereocenters. The lowest BCUT2D eigenvalue weighted by molar-refractivity contribution is -0.143. The third-order valence-electron chi connectivity index (χ3n) is 6.45. The van der Waals surface area contributed by atoms with E-state index in [1.54, 1.807) is 37.8 Å². The van der Waals surface area contributed by atoms with Crippen LogP contribution in [0.2, 0.25) is 0 Å². The predicted octanol–water partition coefficient (Wildman–Crippen LogP) is 6.10. The van der Waals surface area contributed by atoms with Crippen LogP contribution in [-0.2, 0) is 20.9 Å². The van der Waals surface area contributed by atoms with Gasteiger partial charge >= 0.3 is 6.09 Å². The van der Waals surface area contributed by atoms with Gasteiger partial charge in [-0.15, -0.1) is 0 Å². The number of phenols is 1. The summed E-state index contributed by atoms with van der Waals surface area (Å²) in [5.74, 6) is -1.00. The molecule has 0 radical (unpaired) electrons. The van der Waals surface area contributed by atoms with E-state index < -0.39 is 23.8 Å². The first-order valence-electron chi connectivity index (χ1n) is 14.3. The molecule has 0 aliphatic rings. The molecule has 220 valence electrons. The Morgan fingerprint density at radius 3 is 2.23 bits per heavy atom. The molecule has 2 atom stereocenters. The molecule has 40 heavy (non-hydrogen) atoms. The smallest absolute Gasteiger partial charge is 0.408 e. The van der Waals surface area contributed by atoms with Gasteiger partial charge in [-0.1, -0.05) is 88.9 Å². The minimum Gasteiger partial charge on any atom is -0.508 e. The number of ether oxygens (including phenoxy) is 1. The van der Waals surface area contributed by atoms with Crippen molar-refractivity contribution in [3.05, 3.63) is 65.7 Å². The standard InChI is InChI=1S/C32H47N3O5/c1-7-8-9-10-14-20-35(30(38)27(23(2)3)34-31(39)40-32(4,5)6)28(25-18-15-19-26(36)21-25)29(37)33-22-24-16-12-11-13-17-24/h11-13,15-19,21,23,27-28,36H,7-10,14,20,22H2,1-6H3,(H,33,37)(H,34,39). The topological polar surface area (TPSA) is 108 Å². The summed E-state index contributed by atoms with van der Waals surface area (Å²) in [7, 11) is 0. The fraction of sp³-hybridized carbons (Fsp3) is 0.531. The van der Waals surface area contributed by atoms with Crippen LogP contribution in [0.25, 0.3) is 0 Å². The number of carbonyl (C=O) groups is 3. The largest absolute Gasteiger partial charge is 0.508 e. The van der Waals surface area contributed by atoms with Crippen LogP contribution in [0.3, 0.4) is 0 Å². The quantitative estimate of drug-likeness (QED) is 0.245.